The fraction of sp³-hybridized carbons (Fsp3) is 0.364. The van der Waals surface area contributed by atoms with Gasteiger partial charge in [-0.3, -0.25) is 0 Å². The van der Waals surface area contributed by atoms with Crippen LogP contribution >= 0.6 is 0 Å². The van der Waals surface area contributed by atoms with Crippen LogP contribution in [0.4, 0.5) is 0 Å². The van der Waals surface area contributed by atoms with Gasteiger partial charge in [0, 0.05) is 0 Å². The predicted octanol–water partition coefficient (Wildman–Crippen LogP) is 0.464. The maximum atomic E-state index is 2.25. The van der Waals surface area contributed by atoms with Gasteiger partial charge in [-0.25, -0.2) is 0 Å². The maximum absolute atomic E-state index is 2.25. The third-order valence-corrected chi connectivity index (χ3v) is 4.86. The van der Waals surface area contributed by atoms with Crippen LogP contribution in [0.1, 0.15) is 46.7 Å². The van der Waals surface area contributed by atoms with Crippen LogP contribution in [0.3, 0.4) is 0 Å². The molecule has 3 heteroatoms. The maximum Gasteiger partial charge on any atom is 4.00 e. The van der Waals surface area contributed by atoms with Crippen LogP contribution in [-0.2, 0) is 32.6 Å². The molecule has 0 bridgehead atoms. The number of hydrogen-bond acceptors (Lipinski definition) is 0. The summed E-state index contributed by atoms with van der Waals surface area (Å²) < 4.78 is 0. The van der Waals surface area contributed by atoms with E-state index in [-0.39, 0.29) is 60.2 Å². The van der Waals surface area contributed by atoms with Crippen LogP contribution in [0.2, 0.25) is 0 Å². The third-order valence-electron chi connectivity index (χ3n) is 4.86. The van der Waals surface area contributed by atoms with Crippen LogP contribution in [0.15, 0.2) is 36.4 Å². The SMILES string of the molecule is CCCc1c(C)c(C)c(C)[c-]1C.Cc1cc2ccccc2[cH-]1.[Br-].[Br-].[Zr+4]. The molecule has 0 spiro atoms. The summed E-state index contributed by atoms with van der Waals surface area (Å²) in [6, 6.07) is 12.8. The molecule has 3 aromatic rings. The molecule has 3 rings (SSSR count). The first-order chi connectivity index (χ1) is 10.5. The molecule has 0 aliphatic carbocycles. The molecule has 0 unspecified atom stereocenters. The van der Waals surface area contributed by atoms with Gasteiger partial charge in [0.25, 0.3) is 0 Å². The number of halogens is 2. The molecule has 0 saturated heterocycles. The van der Waals surface area contributed by atoms with Crippen molar-refractivity contribution in [2.75, 3.05) is 0 Å². The minimum absolute atomic E-state index is 0. The molecule has 0 radical (unpaired) electrons. The van der Waals surface area contributed by atoms with Gasteiger partial charge < -0.3 is 34.0 Å². The van der Waals surface area contributed by atoms with Gasteiger partial charge in [-0.2, -0.15) is 33.9 Å². The quantitative estimate of drug-likeness (QED) is 0.413. The number of benzene rings is 1. The topological polar surface area (TPSA) is 0 Å². The van der Waals surface area contributed by atoms with Crippen molar-refractivity contribution < 1.29 is 60.2 Å². The van der Waals surface area contributed by atoms with E-state index in [1.807, 2.05) is 0 Å². The van der Waals surface area contributed by atoms with Crippen molar-refractivity contribution >= 4 is 10.8 Å². The average Bonchev–Trinajstić information content (AvgIpc) is 2.97. The zero-order chi connectivity index (χ0) is 16.3. The Bertz CT molecular complexity index is 707. The molecule has 25 heavy (non-hydrogen) atoms. The van der Waals surface area contributed by atoms with Crippen molar-refractivity contribution in [1.82, 2.24) is 0 Å². The molecule has 0 N–H and O–H groups in total. The Kier molecular flexibility index (Phi) is 13.5. The first-order valence-corrected chi connectivity index (χ1v) is 8.29. The van der Waals surface area contributed by atoms with E-state index in [1.54, 1.807) is 5.56 Å². The van der Waals surface area contributed by atoms with Crippen molar-refractivity contribution in [3.63, 3.8) is 0 Å². The smallest absolute Gasteiger partial charge is 1.00 e. The van der Waals surface area contributed by atoms with E-state index in [0.29, 0.717) is 0 Å². The van der Waals surface area contributed by atoms with E-state index in [9.17, 15) is 0 Å². The van der Waals surface area contributed by atoms with Gasteiger partial charge in [0.05, 0.1) is 0 Å². The van der Waals surface area contributed by atoms with E-state index < -0.39 is 0 Å². The molecule has 0 aromatic heterocycles. The Morgan fingerprint density at radius 3 is 2.04 bits per heavy atom. The fourth-order valence-electron chi connectivity index (χ4n) is 3.23. The number of fused-ring (bicyclic) bond motifs is 1. The zero-order valence-electron chi connectivity index (χ0n) is 16.1. The third kappa shape index (κ3) is 6.60. The van der Waals surface area contributed by atoms with Crippen LogP contribution in [0, 0.1) is 34.6 Å². The van der Waals surface area contributed by atoms with E-state index in [4.69, 9.17) is 0 Å². The standard InChI is InChI=1S/C12H19.C10H9.2BrH.Zr/c1-6-7-12-10(4)8(2)9(3)11(12)5;1-8-6-9-4-2-3-5-10(9)7-8;;;/h6-7H2,1-5H3;2-7H,1H3;2*1H;/q2*-1;;;+4/p-2. The van der Waals surface area contributed by atoms with E-state index in [2.05, 4.69) is 77.9 Å². The van der Waals surface area contributed by atoms with Crippen molar-refractivity contribution in [2.45, 2.75) is 54.4 Å². The van der Waals surface area contributed by atoms with Crippen LogP contribution in [-0.4, -0.2) is 0 Å². The summed E-state index contributed by atoms with van der Waals surface area (Å²) in [5.74, 6) is 0. The minimum atomic E-state index is 0. The second-order valence-corrected chi connectivity index (χ2v) is 6.39. The molecule has 0 saturated carbocycles. The van der Waals surface area contributed by atoms with E-state index >= 15 is 0 Å². The van der Waals surface area contributed by atoms with Gasteiger partial charge in [0.15, 0.2) is 0 Å². The molecule has 0 nitrogen and oxygen atoms in total. The summed E-state index contributed by atoms with van der Waals surface area (Å²) in [6.07, 6.45) is 2.50. The first-order valence-electron chi connectivity index (χ1n) is 8.29. The minimum Gasteiger partial charge on any atom is -1.00 e. The molecule has 0 aliphatic rings. The van der Waals surface area contributed by atoms with Crippen LogP contribution < -0.4 is 34.0 Å². The second-order valence-electron chi connectivity index (χ2n) is 6.39. The molecule has 0 heterocycles. The summed E-state index contributed by atoms with van der Waals surface area (Å²) in [5.41, 5.74) is 8.97. The Balaban J connectivity index is 0. The molecule has 0 atom stereocenters. The predicted molar refractivity (Wildman–Crippen MR) is 99.3 cm³/mol. The van der Waals surface area contributed by atoms with Crippen molar-refractivity contribution in [3.05, 3.63) is 69.8 Å². The Hall–Kier alpha value is 0.0231. The number of hydrogen-bond donors (Lipinski definition) is 0. The normalized spacial score (nSPS) is 9.36. The van der Waals surface area contributed by atoms with E-state index in [1.165, 1.54) is 51.4 Å². The molecule has 0 amide bonds. The summed E-state index contributed by atoms with van der Waals surface area (Å²) in [7, 11) is 0. The number of aryl methyl sites for hydroxylation is 1. The molecule has 0 aliphatic heterocycles. The number of rotatable bonds is 2. The fourth-order valence-corrected chi connectivity index (χ4v) is 3.23. The second kappa shape index (κ2) is 12.4. The van der Waals surface area contributed by atoms with Gasteiger partial charge in [0.2, 0.25) is 0 Å². The van der Waals surface area contributed by atoms with Crippen molar-refractivity contribution in [2.24, 2.45) is 0 Å². The largest absolute Gasteiger partial charge is 4.00 e. The molecular weight excluding hydrogens is 515 g/mol. The Morgan fingerprint density at radius 1 is 0.960 bits per heavy atom. The van der Waals surface area contributed by atoms with Gasteiger partial charge in [-0.15, -0.1) is 40.6 Å². The molecule has 134 valence electrons. The summed E-state index contributed by atoms with van der Waals surface area (Å²) in [6.45, 7) is 13.3. The van der Waals surface area contributed by atoms with Crippen LogP contribution in [0.5, 0.6) is 0 Å². The molecular formula is C22H28Br2Zr. The van der Waals surface area contributed by atoms with Gasteiger partial charge in [-0.1, -0.05) is 60.5 Å². The molecule has 0 fully saturated rings. The van der Waals surface area contributed by atoms with E-state index in [0.717, 1.165) is 0 Å². The zero-order valence-corrected chi connectivity index (χ0v) is 21.8. The monoisotopic (exact) mass is 540 g/mol. The van der Waals surface area contributed by atoms with Gasteiger partial charge >= 0.3 is 26.2 Å². The summed E-state index contributed by atoms with van der Waals surface area (Å²) >= 11 is 0. The summed E-state index contributed by atoms with van der Waals surface area (Å²) in [4.78, 5) is 0. The van der Waals surface area contributed by atoms with Gasteiger partial charge in [-0.05, 0) is 0 Å². The molecule has 3 aromatic carbocycles. The first kappa shape index (κ1) is 27.2. The van der Waals surface area contributed by atoms with Gasteiger partial charge in [0.1, 0.15) is 0 Å². The Labute approximate surface area is 193 Å². The van der Waals surface area contributed by atoms with Crippen molar-refractivity contribution in [3.8, 4) is 0 Å². The Morgan fingerprint density at radius 2 is 1.56 bits per heavy atom. The van der Waals surface area contributed by atoms with Crippen molar-refractivity contribution in [1.29, 1.82) is 0 Å². The average molecular weight is 543 g/mol. The van der Waals surface area contributed by atoms with Crippen LogP contribution in [0.25, 0.3) is 10.8 Å². The summed E-state index contributed by atoms with van der Waals surface area (Å²) in [5, 5.41) is 2.69.